The first-order valence-electron chi connectivity index (χ1n) is 6.93. The molecule has 0 saturated carbocycles. The first-order valence-corrected chi connectivity index (χ1v) is 6.93. The molecule has 0 saturated heterocycles. The van der Waals surface area contributed by atoms with Gasteiger partial charge in [-0.2, -0.15) is 0 Å². The number of rotatable bonds is 2. The molecule has 0 radical (unpaired) electrons. The van der Waals surface area contributed by atoms with E-state index in [2.05, 4.69) is 10.3 Å². The van der Waals surface area contributed by atoms with E-state index in [0.29, 0.717) is 6.54 Å². The molecule has 5 nitrogen and oxygen atoms in total. The van der Waals surface area contributed by atoms with Crippen molar-refractivity contribution < 1.29 is 4.79 Å². The van der Waals surface area contributed by atoms with Crippen LogP contribution in [-0.4, -0.2) is 17.4 Å². The molecule has 0 spiro atoms. The van der Waals surface area contributed by atoms with Crippen molar-refractivity contribution in [2.45, 2.75) is 20.4 Å². The van der Waals surface area contributed by atoms with Crippen molar-refractivity contribution in [1.82, 2.24) is 4.98 Å². The Bertz CT molecular complexity index is 711. The number of amides is 1. The van der Waals surface area contributed by atoms with Crippen molar-refractivity contribution in [2.24, 2.45) is 5.73 Å². The molecule has 0 atom stereocenters. The van der Waals surface area contributed by atoms with E-state index in [9.17, 15) is 4.79 Å². The summed E-state index contributed by atoms with van der Waals surface area (Å²) in [7, 11) is 0. The molecule has 1 amide bonds. The fourth-order valence-corrected chi connectivity index (χ4v) is 2.78. The monoisotopic (exact) mass is 282 g/mol. The van der Waals surface area contributed by atoms with Crippen LogP contribution in [0, 0.1) is 13.8 Å². The van der Waals surface area contributed by atoms with Crippen molar-refractivity contribution in [3.63, 3.8) is 0 Å². The summed E-state index contributed by atoms with van der Waals surface area (Å²) < 4.78 is 0. The standard InChI is InChI=1S/C16H18N4O/c1-10-7-15(12(8-17)11(2)18-10)20-9-16(21)19-13-5-3-4-6-14(13)20/h3-7H,8-9,17H2,1-2H3,(H,19,21). The summed E-state index contributed by atoms with van der Waals surface area (Å²) in [5.41, 5.74) is 11.5. The predicted molar refractivity (Wildman–Crippen MR) is 83.7 cm³/mol. The second-order valence-electron chi connectivity index (χ2n) is 5.20. The van der Waals surface area contributed by atoms with Crippen molar-refractivity contribution in [3.8, 4) is 0 Å². The number of anilines is 3. The largest absolute Gasteiger partial charge is 0.330 e. The highest BCUT2D eigenvalue weighted by molar-refractivity contribution is 6.03. The Morgan fingerprint density at radius 3 is 2.81 bits per heavy atom. The number of aromatic nitrogens is 1. The maximum atomic E-state index is 12.0. The molecule has 0 aliphatic carbocycles. The van der Waals surface area contributed by atoms with Crippen LogP contribution in [0.15, 0.2) is 30.3 Å². The molecule has 1 aromatic carbocycles. The van der Waals surface area contributed by atoms with Crippen LogP contribution in [-0.2, 0) is 11.3 Å². The lowest BCUT2D eigenvalue weighted by Gasteiger charge is -2.32. The van der Waals surface area contributed by atoms with Gasteiger partial charge in [0.2, 0.25) is 5.91 Å². The minimum absolute atomic E-state index is 0.0243. The normalized spacial score (nSPS) is 13.9. The minimum atomic E-state index is -0.0243. The van der Waals surface area contributed by atoms with E-state index in [0.717, 1.165) is 34.0 Å². The summed E-state index contributed by atoms with van der Waals surface area (Å²) in [5.74, 6) is -0.0243. The second kappa shape index (κ2) is 5.18. The minimum Gasteiger partial charge on any atom is -0.330 e. The van der Waals surface area contributed by atoms with Crippen LogP contribution in [0.1, 0.15) is 17.0 Å². The van der Waals surface area contributed by atoms with Gasteiger partial charge in [-0.3, -0.25) is 9.78 Å². The van der Waals surface area contributed by atoms with E-state index >= 15 is 0 Å². The summed E-state index contributed by atoms with van der Waals surface area (Å²) in [6.45, 7) is 4.59. The Labute approximate surface area is 123 Å². The fourth-order valence-electron chi connectivity index (χ4n) is 2.78. The third-order valence-corrected chi connectivity index (χ3v) is 3.70. The molecule has 1 aliphatic heterocycles. The molecule has 5 heteroatoms. The van der Waals surface area contributed by atoms with Gasteiger partial charge in [0, 0.05) is 29.2 Å². The van der Waals surface area contributed by atoms with Gasteiger partial charge in [0.05, 0.1) is 11.4 Å². The van der Waals surface area contributed by atoms with Gasteiger partial charge < -0.3 is 16.0 Å². The van der Waals surface area contributed by atoms with Gasteiger partial charge in [-0.1, -0.05) is 12.1 Å². The maximum absolute atomic E-state index is 12.0. The number of carbonyl (C=O) groups excluding carboxylic acids is 1. The van der Waals surface area contributed by atoms with E-state index in [1.807, 2.05) is 49.1 Å². The number of fused-ring (bicyclic) bond motifs is 1. The van der Waals surface area contributed by atoms with Crippen molar-refractivity contribution >= 4 is 23.0 Å². The molecule has 0 fully saturated rings. The molecule has 1 aliphatic rings. The Morgan fingerprint density at radius 1 is 1.29 bits per heavy atom. The molecule has 3 rings (SSSR count). The van der Waals surface area contributed by atoms with Crippen LogP contribution in [0.4, 0.5) is 17.1 Å². The van der Waals surface area contributed by atoms with Crippen LogP contribution >= 0.6 is 0 Å². The number of nitrogens with zero attached hydrogens (tertiary/aromatic N) is 2. The third kappa shape index (κ3) is 2.36. The van der Waals surface area contributed by atoms with Crippen LogP contribution in [0.3, 0.4) is 0 Å². The van der Waals surface area contributed by atoms with E-state index < -0.39 is 0 Å². The lowest BCUT2D eigenvalue weighted by atomic mass is 10.1. The molecule has 2 heterocycles. The van der Waals surface area contributed by atoms with Gasteiger partial charge in [0.25, 0.3) is 0 Å². The highest BCUT2D eigenvalue weighted by Crippen LogP contribution is 2.37. The average molecular weight is 282 g/mol. The molecule has 0 bridgehead atoms. The highest BCUT2D eigenvalue weighted by atomic mass is 16.2. The Morgan fingerprint density at radius 2 is 2.05 bits per heavy atom. The van der Waals surface area contributed by atoms with Gasteiger partial charge >= 0.3 is 0 Å². The maximum Gasteiger partial charge on any atom is 0.244 e. The zero-order valence-corrected chi connectivity index (χ0v) is 12.2. The van der Waals surface area contributed by atoms with E-state index in [1.165, 1.54) is 0 Å². The Hall–Kier alpha value is -2.40. The van der Waals surface area contributed by atoms with Crippen molar-refractivity contribution in [3.05, 3.63) is 47.3 Å². The molecule has 108 valence electrons. The van der Waals surface area contributed by atoms with Crippen molar-refractivity contribution in [2.75, 3.05) is 16.8 Å². The number of nitrogens with two attached hydrogens (primary N) is 1. The van der Waals surface area contributed by atoms with Gasteiger partial charge in [0.15, 0.2) is 0 Å². The third-order valence-electron chi connectivity index (χ3n) is 3.70. The molecular weight excluding hydrogens is 264 g/mol. The van der Waals surface area contributed by atoms with Crippen LogP contribution in [0.5, 0.6) is 0 Å². The van der Waals surface area contributed by atoms with Gasteiger partial charge in [0.1, 0.15) is 6.54 Å². The molecular formula is C16H18N4O. The number of hydrogen-bond donors (Lipinski definition) is 2. The number of hydrogen-bond acceptors (Lipinski definition) is 4. The first kappa shape index (κ1) is 13.6. The predicted octanol–water partition coefficient (Wildman–Crippen LogP) is 2.25. The number of carbonyl (C=O) groups is 1. The SMILES string of the molecule is Cc1cc(N2CC(=O)Nc3ccccc32)c(CN)c(C)n1. The highest BCUT2D eigenvalue weighted by Gasteiger charge is 2.25. The molecule has 2 aromatic rings. The van der Waals surface area contributed by atoms with Gasteiger partial charge in [-0.15, -0.1) is 0 Å². The zero-order valence-electron chi connectivity index (χ0n) is 12.2. The average Bonchev–Trinajstić information content (AvgIpc) is 2.45. The van der Waals surface area contributed by atoms with Gasteiger partial charge in [-0.25, -0.2) is 0 Å². The number of pyridine rings is 1. The summed E-state index contributed by atoms with van der Waals surface area (Å²) in [5, 5.41) is 2.90. The summed E-state index contributed by atoms with van der Waals surface area (Å²) >= 11 is 0. The lowest BCUT2D eigenvalue weighted by Crippen LogP contribution is -2.35. The van der Waals surface area contributed by atoms with E-state index in [-0.39, 0.29) is 12.5 Å². The number of nitrogens with one attached hydrogen (secondary N) is 1. The summed E-state index contributed by atoms with van der Waals surface area (Å²) in [6, 6.07) is 9.77. The first-order chi connectivity index (χ1) is 10.1. The zero-order chi connectivity index (χ0) is 15.0. The second-order valence-corrected chi connectivity index (χ2v) is 5.20. The molecule has 21 heavy (non-hydrogen) atoms. The van der Waals surface area contributed by atoms with Crippen LogP contribution < -0.4 is 16.0 Å². The van der Waals surface area contributed by atoms with Crippen LogP contribution in [0.2, 0.25) is 0 Å². The van der Waals surface area contributed by atoms with Crippen molar-refractivity contribution in [1.29, 1.82) is 0 Å². The number of benzene rings is 1. The summed E-state index contributed by atoms with van der Waals surface area (Å²) in [6.07, 6.45) is 0. The Kier molecular flexibility index (Phi) is 3.35. The fraction of sp³-hybridized carbons (Fsp3) is 0.250. The summed E-state index contributed by atoms with van der Waals surface area (Å²) in [4.78, 5) is 18.5. The molecule has 1 aromatic heterocycles. The Balaban J connectivity index is 2.19. The molecule has 0 unspecified atom stereocenters. The number of aryl methyl sites for hydroxylation is 2. The topological polar surface area (TPSA) is 71.2 Å². The van der Waals surface area contributed by atoms with E-state index in [4.69, 9.17) is 5.73 Å². The number of para-hydroxylation sites is 2. The smallest absolute Gasteiger partial charge is 0.244 e. The van der Waals surface area contributed by atoms with Gasteiger partial charge in [-0.05, 0) is 32.0 Å². The quantitative estimate of drug-likeness (QED) is 0.886. The van der Waals surface area contributed by atoms with Crippen LogP contribution in [0.25, 0.3) is 0 Å². The van der Waals surface area contributed by atoms with E-state index in [1.54, 1.807) is 0 Å². The lowest BCUT2D eigenvalue weighted by molar-refractivity contribution is -0.115. The molecule has 3 N–H and O–H groups in total.